The number of imidazole rings is 1. The smallest absolute Gasteiger partial charge is 0.261 e. The number of aryl methyl sites for hydroxylation is 1. The third-order valence-electron chi connectivity index (χ3n) is 6.83. The van der Waals surface area contributed by atoms with Crippen LogP contribution in [0.5, 0.6) is 5.75 Å². The van der Waals surface area contributed by atoms with E-state index >= 15 is 0 Å². The summed E-state index contributed by atoms with van der Waals surface area (Å²) in [5.74, 6) is -0.654. The summed E-state index contributed by atoms with van der Waals surface area (Å²) in [5.41, 5.74) is 0.181. The Balaban J connectivity index is 1.68. The van der Waals surface area contributed by atoms with E-state index in [1.165, 1.54) is 71.5 Å². The molecular weight excluding hydrogens is 594 g/mol. The zero-order valence-electron chi connectivity index (χ0n) is 22.9. The molecule has 4 rings (SSSR count). The molecule has 41 heavy (non-hydrogen) atoms. The molecule has 0 radical (unpaired) electrons. The molecule has 0 bridgehead atoms. The SMILES string of the molecule is C[C@H](CO)N1C[C@H](C)[C@@H](CN(C)S(=O)(=O)c2cn(C)cn2)Oc2ccc(NS(=O)(=O)c3ccc(Cl)cc3)cc2C1=O. The maximum atomic E-state index is 13.7. The van der Waals surface area contributed by atoms with Crippen LogP contribution >= 0.6 is 11.6 Å². The third-order valence-corrected chi connectivity index (χ3v) is 10.2. The minimum absolute atomic E-state index is 0.0159. The van der Waals surface area contributed by atoms with E-state index in [2.05, 4.69) is 9.71 Å². The van der Waals surface area contributed by atoms with Crippen molar-refractivity contribution < 1.29 is 31.5 Å². The van der Waals surface area contributed by atoms with E-state index in [1.807, 2.05) is 6.92 Å². The first-order chi connectivity index (χ1) is 19.2. The second-order valence-corrected chi connectivity index (χ2v) is 14.2. The van der Waals surface area contributed by atoms with Gasteiger partial charge in [-0.1, -0.05) is 18.5 Å². The van der Waals surface area contributed by atoms with E-state index < -0.39 is 38.1 Å². The molecule has 222 valence electrons. The Labute approximate surface area is 244 Å². The summed E-state index contributed by atoms with van der Waals surface area (Å²) in [6, 6.07) is 9.34. The van der Waals surface area contributed by atoms with Crippen LogP contribution in [0.25, 0.3) is 0 Å². The van der Waals surface area contributed by atoms with Gasteiger partial charge >= 0.3 is 0 Å². The molecule has 0 saturated heterocycles. The number of nitrogens with one attached hydrogen (secondary N) is 1. The maximum absolute atomic E-state index is 13.7. The van der Waals surface area contributed by atoms with Crippen molar-refractivity contribution in [2.45, 2.75) is 35.9 Å². The van der Waals surface area contributed by atoms with Gasteiger partial charge in [-0.3, -0.25) is 9.52 Å². The van der Waals surface area contributed by atoms with Crippen molar-refractivity contribution >= 4 is 43.2 Å². The lowest BCUT2D eigenvalue weighted by molar-refractivity contribution is 0.0387. The molecule has 2 heterocycles. The van der Waals surface area contributed by atoms with E-state index in [0.29, 0.717) is 5.02 Å². The van der Waals surface area contributed by atoms with Gasteiger partial charge in [0.15, 0.2) is 5.03 Å². The minimum atomic E-state index is -4.00. The first-order valence-electron chi connectivity index (χ1n) is 12.7. The van der Waals surface area contributed by atoms with Crippen LogP contribution in [-0.4, -0.2) is 85.5 Å². The van der Waals surface area contributed by atoms with Gasteiger partial charge in [0.2, 0.25) is 0 Å². The molecule has 1 aliphatic rings. The number of fused-ring (bicyclic) bond motifs is 1. The number of aromatic nitrogens is 2. The number of aliphatic hydroxyl groups excluding tert-OH is 1. The summed E-state index contributed by atoms with van der Waals surface area (Å²) < 4.78 is 63.6. The predicted molar refractivity (Wildman–Crippen MR) is 153 cm³/mol. The van der Waals surface area contributed by atoms with Crippen molar-refractivity contribution in [1.82, 2.24) is 18.8 Å². The predicted octanol–water partition coefficient (Wildman–Crippen LogP) is 2.42. The molecule has 1 amide bonds. The van der Waals surface area contributed by atoms with Crippen molar-refractivity contribution in [3.05, 3.63) is 65.6 Å². The molecule has 0 fully saturated rings. The Bertz CT molecular complexity index is 1630. The fourth-order valence-corrected chi connectivity index (χ4v) is 6.68. The number of hydrogen-bond donors (Lipinski definition) is 2. The average molecular weight is 626 g/mol. The number of sulfonamides is 2. The van der Waals surface area contributed by atoms with E-state index in [1.54, 1.807) is 14.0 Å². The molecule has 0 aliphatic carbocycles. The molecule has 3 atom stereocenters. The van der Waals surface area contributed by atoms with Crippen molar-refractivity contribution in [3.8, 4) is 5.75 Å². The molecule has 0 spiro atoms. The first kappa shape index (κ1) is 30.8. The number of amides is 1. The monoisotopic (exact) mass is 625 g/mol. The van der Waals surface area contributed by atoms with Gasteiger partial charge in [-0.2, -0.15) is 4.31 Å². The van der Waals surface area contributed by atoms with Crippen LogP contribution in [0.3, 0.4) is 0 Å². The van der Waals surface area contributed by atoms with E-state index in [0.717, 1.165) is 4.31 Å². The van der Waals surface area contributed by atoms with Crippen LogP contribution in [0.2, 0.25) is 5.02 Å². The standard InChI is InChI=1S/C26H32ClN5O7S2/c1-17-12-32(18(2)15-33)26(34)22-11-20(29-40(35,36)21-8-5-19(27)6-9-21)7-10-23(22)39-24(17)13-31(4)41(37,38)25-14-30(3)16-28-25/h5-11,14,16-18,24,29,33H,12-13,15H2,1-4H3/t17-,18+,24+/m0/s1. The molecule has 0 unspecified atom stereocenters. The highest BCUT2D eigenvalue weighted by Crippen LogP contribution is 2.32. The second-order valence-electron chi connectivity index (χ2n) is 10.1. The lowest BCUT2D eigenvalue weighted by Crippen LogP contribution is -2.50. The van der Waals surface area contributed by atoms with Gasteiger partial charge in [-0.05, 0) is 49.4 Å². The summed E-state index contributed by atoms with van der Waals surface area (Å²) in [6.45, 7) is 3.31. The Morgan fingerprint density at radius 1 is 1.20 bits per heavy atom. The quantitative estimate of drug-likeness (QED) is 0.368. The van der Waals surface area contributed by atoms with Crippen LogP contribution < -0.4 is 9.46 Å². The summed E-state index contributed by atoms with van der Waals surface area (Å²) in [7, 11) is -4.83. The first-order valence-corrected chi connectivity index (χ1v) is 16.0. The number of carbonyl (C=O) groups is 1. The Morgan fingerprint density at radius 3 is 2.49 bits per heavy atom. The molecule has 3 aromatic rings. The summed E-state index contributed by atoms with van der Waals surface area (Å²) in [4.78, 5) is 19.1. The highest BCUT2D eigenvalue weighted by molar-refractivity contribution is 7.92. The van der Waals surface area contributed by atoms with Gasteiger partial charge in [-0.15, -0.1) is 0 Å². The Hall–Kier alpha value is -3.17. The number of nitrogens with zero attached hydrogens (tertiary/aromatic N) is 4. The molecular formula is C26H32ClN5O7S2. The lowest BCUT2D eigenvalue weighted by Gasteiger charge is -2.38. The summed E-state index contributed by atoms with van der Waals surface area (Å²) >= 11 is 5.88. The van der Waals surface area contributed by atoms with Crippen molar-refractivity contribution in [2.75, 3.05) is 31.5 Å². The second kappa shape index (κ2) is 12.0. The Morgan fingerprint density at radius 2 is 1.88 bits per heavy atom. The van der Waals surface area contributed by atoms with E-state index in [-0.39, 0.29) is 52.5 Å². The van der Waals surface area contributed by atoms with E-state index in [4.69, 9.17) is 16.3 Å². The summed E-state index contributed by atoms with van der Waals surface area (Å²) in [5, 5.41) is 10.2. The molecule has 1 aliphatic heterocycles. The number of hydrogen-bond acceptors (Lipinski definition) is 8. The van der Waals surface area contributed by atoms with Crippen LogP contribution in [0.1, 0.15) is 24.2 Å². The highest BCUT2D eigenvalue weighted by Gasteiger charge is 2.36. The van der Waals surface area contributed by atoms with E-state index in [9.17, 15) is 26.7 Å². The van der Waals surface area contributed by atoms with Gasteiger partial charge in [0.05, 0.1) is 36.0 Å². The molecule has 12 nitrogen and oxygen atoms in total. The minimum Gasteiger partial charge on any atom is -0.488 e. The van der Waals surface area contributed by atoms with Gasteiger partial charge in [0.1, 0.15) is 11.9 Å². The number of halogens is 1. The molecule has 15 heteroatoms. The number of benzene rings is 2. The van der Waals surface area contributed by atoms with Crippen LogP contribution in [0.15, 0.2) is 64.9 Å². The van der Waals surface area contributed by atoms with Crippen LogP contribution in [-0.2, 0) is 27.1 Å². The number of rotatable bonds is 9. The zero-order chi connectivity index (χ0) is 30.1. The van der Waals surface area contributed by atoms with Crippen molar-refractivity contribution in [2.24, 2.45) is 13.0 Å². The fourth-order valence-electron chi connectivity index (χ4n) is 4.37. The highest BCUT2D eigenvalue weighted by atomic mass is 35.5. The molecule has 2 aromatic carbocycles. The molecule has 1 aromatic heterocycles. The zero-order valence-corrected chi connectivity index (χ0v) is 25.3. The third kappa shape index (κ3) is 6.67. The summed E-state index contributed by atoms with van der Waals surface area (Å²) in [6.07, 6.45) is 2.10. The van der Waals surface area contributed by atoms with Gasteiger partial charge in [0, 0.05) is 43.5 Å². The molecule has 2 N–H and O–H groups in total. The number of carbonyl (C=O) groups excluding carboxylic acids is 1. The normalized spacial score (nSPS) is 18.8. The number of aliphatic hydroxyl groups is 1. The van der Waals surface area contributed by atoms with Crippen LogP contribution in [0.4, 0.5) is 5.69 Å². The van der Waals surface area contributed by atoms with Crippen LogP contribution in [0, 0.1) is 5.92 Å². The average Bonchev–Trinajstić information content (AvgIpc) is 3.37. The number of likely N-dealkylation sites (N-methyl/N-ethyl adjacent to an activating group) is 1. The fraction of sp³-hybridized carbons (Fsp3) is 0.385. The maximum Gasteiger partial charge on any atom is 0.261 e. The van der Waals surface area contributed by atoms with Crippen molar-refractivity contribution in [1.29, 1.82) is 0 Å². The van der Waals surface area contributed by atoms with Gasteiger partial charge in [0.25, 0.3) is 26.0 Å². The topological polar surface area (TPSA) is 151 Å². The lowest BCUT2D eigenvalue weighted by atomic mass is 9.99. The van der Waals surface area contributed by atoms with Crippen molar-refractivity contribution in [3.63, 3.8) is 0 Å². The van der Waals surface area contributed by atoms with Gasteiger partial charge < -0.3 is 19.3 Å². The van der Waals surface area contributed by atoms with Gasteiger partial charge in [-0.25, -0.2) is 21.8 Å². The Kier molecular flexibility index (Phi) is 8.99. The molecule has 0 saturated carbocycles. The number of ether oxygens (including phenoxy) is 1. The number of anilines is 1. The largest absolute Gasteiger partial charge is 0.488 e.